The molecule has 0 bridgehead atoms. The highest BCUT2D eigenvalue weighted by Gasteiger charge is 2.49. The lowest BCUT2D eigenvalue weighted by Gasteiger charge is -2.45. The van der Waals surface area contributed by atoms with Gasteiger partial charge >= 0.3 is 0 Å². The van der Waals surface area contributed by atoms with E-state index in [4.69, 9.17) is 4.74 Å². The van der Waals surface area contributed by atoms with Gasteiger partial charge in [-0.2, -0.15) is 0 Å². The molecule has 3 aliphatic rings. The van der Waals surface area contributed by atoms with Crippen LogP contribution in [0.25, 0.3) is 60.5 Å². The minimum atomic E-state index is -0.662. The zero-order chi connectivity index (χ0) is 43.0. The van der Waals surface area contributed by atoms with Gasteiger partial charge in [-0.05, 0) is 128 Å². The number of ether oxygens (including phenoxy) is 1. The van der Waals surface area contributed by atoms with E-state index in [9.17, 15) is 0 Å². The molecule has 0 atom stereocenters. The number of rotatable bonds is 4. The Bertz CT molecular complexity index is 3750. The van der Waals surface area contributed by atoms with Gasteiger partial charge in [0.25, 0.3) is 0 Å². The second-order valence-corrected chi connectivity index (χ2v) is 18.4. The van der Waals surface area contributed by atoms with Crippen LogP contribution in [0.4, 0.5) is 17.1 Å². The Kier molecular flexibility index (Phi) is 7.38. The first-order valence-corrected chi connectivity index (χ1v) is 22.7. The van der Waals surface area contributed by atoms with Crippen LogP contribution in [0.3, 0.4) is 0 Å². The largest absolute Gasteiger partial charge is 0.457 e. The van der Waals surface area contributed by atoms with Gasteiger partial charge in [-0.25, -0.2) is 0 Å². The topological polar surface area (TPSA) is 17.4 Å². The molecule has 0 fully saturated rings. The molecule has 14 rings (SSSR count). The van der Waals surface area contributed by atoms with Crippen LogP contribution in [0.1, 0.15) is 47.2 Å². The lowest BCUT2D eigenvalue weighted by molar-refractivity contribution is 0.435. The number of hydrogen-bond acceptors (Lipinski definition) is 2. The molecule has 0 amide bonds. The van der Waals surface area contributed by atoms with Gasteiger partial charge in [-0.1, -0.05) is 159 Å². The summed E-state index contributed by atoms with van der Waals surface area (Å²) in [6, 6.07) is 80.8. The lowest BCUT2D eigenvalue weighted by Crippen LogP contribution is -2.36. The van der Waals surface area contributed by atoms with Crippen molar-refractivity contribution in [2.75, 3.05) is 4.90 Å². The fourth-order valence-corrected chi connectivity index (χ4v) is 12.0. The Morgan fingerprint density at radius 1 is 0.385 bits per heavy atom. The lowest BCUT2D eigenvalue weighted by atomic mass is 9.58. The SMILES string of the molecule is CC1(C)c2ccccc2-c2ccc(N(c3ccc4c(c3)C3(c5ccccc5Oc5ccccc53)c3cccc5cccc-4c35)c3ccc4c(c3)c3ccccc3n4-c3ccccc3)cc21. The molecule has 3 heteroatoms. The first-order chi connectivity index (χ1) is 32.0. The van der Waals surface area contributed by atoms with Crippen molar-refractivity contribution in [3.8, 4) is 39.4 Å². The minimum absolute atomic E-state index is 0.168. The third-order valence-electron chi connectivity index (χ3n) is 14.8. The van der Waals surface area contributed by atoms with Crippen molar-refractivity contribution in [2.45, 2.75) is 24.7 Å². The Labute approximate surface area is 378 Å². The molecule has 11 aromatic rings. The molecular weight excluding hydrogens is 789 g/mol. The minimum Gasteiger partial charge on any atom is -0.457 e. The number of benzene rings is 10. The summed E-state index contributed by atoms with van der Waals surface area (Å²) in [6.45, 7) is 4.74. The molecule has 0 unspecified atom stereocenters. The Morgan fingerprint density at radius 3 is 1.69 bits per heavy atom. The van der Waals surface area contributed by atoms with Gasteiger partial charge in [0.1, 0.15) is 11.5 Å². The number of anilines is 3. The maximum absolute atomic E-state index is 6.81. The third-order valence-corrected chi connectivity index (χ3v) is 14.8. The number of aromatic nitrogens is 1. The molecule has 0 saturated carbocycles. The van der Waals surface area contributed by atoms with E-state index in [2.05, 4.69) is 242 Å². The summed E-state index contributed by atoms with van der Waals surface area (Å²) >= 11 is 0. The van der Waals surface area contributed by atoms with Crippen LogP contribution in [0.15, 0.2) is 218 Å². The fraction of sp³-hybridized carbons (Fsp3) is 0.0645. The van der Waals surface area contributed by atoms with E-state index in [0.29, 0.717) is 0 Å². The standard InChI is InChI=1S/C62H42N2O/c1-61(2)50-23-8-6-20-44(50)45-33-30-42(37-54(45)61)63(41-32-35-57-49(36-41)47-21-7-11-27-56(47)64(57)40-18-4-3-5-19-40)43-31-34-46-48-22-14-16-39-17-15-26-53(60(39)48)62(55(46)38-43)51-24-9-12-28-58(51)65-59-29-13-10-25-52(59)62/h3-38H,1-2H3. The quantitative estimate of drug-likeness (QED) is 0.176. The normalized spacial score (nSPS) is 14.4. The van der Waals surface area contributed by atoms with Crippen LogP contribution in [0, 0.1) is 0 Å². The predicted molar refractivity (Wildman–Crippen MR) is 268 cm³/mol. The summed E-state index contributed by atoms with van der Waals surface area (Å²) in [6.07, 6.45) is 0. The average Bonchev–Trinajstić information content (AvgIpc) is 3.80. The summed E-state index contributed by atoms with van der Waals surface area (Å²) in [5, 5.41) is 4.97. The van der Waals surface area contributed by atoms with Gasteiger partial charge in [0.05, 0.1) is 16.4 Å². The number of fused-ring (bicyclic) bond motifs is 14. The Morgan fingerprint density at radius 2 is 0.923 bits per heavy atom. The highest BCUT2D eigenvalue weighted by atomic mass is 16.5. The predicted octanol–water partition coefficient (Wildman–Crippen LogP) is 16.2. The van der Waals surface area contributed by atoms with E-state index in [1.165, 1.54) is 77.1 Å². The summed E-state index contributed by atoms with van der Waals surface area (Å²) in [5.41, 5.74) is 18.6. The second kappa shape index (κ2) is 13.2. The Balaban J connectivity index is 1.07. The van der Waals surface area contributed by atoms with E-state index in [0.717, 1.165) is 45.4 Å². The van der Waals surface area contributed by atoms with Crippen LogP contribution in [-0.2, 0) is 10.8 Å². The first kappa shape index (κ1) is 36.4. The molecule has 0 N–H and O–H groups in total. The summed E-state index contributed by atoms with van der Waals surface area (Å²) in [5.74, 6) is 1.77. The molecule has 0 saturated heterocycles. The molecule has 2 aliphatic carbocycles. The third kappa shape index (κ3) is 4.85. The number of nitrogens with zero attached hydrogens (tertiary/aromatic N) is 2. The molecule has 2 heterocycles. The molecule has 0 radical (unpaired) electrons. The van der Waals surface area contributed by atoms with Gasteiger partial charge in [0, 0.05) is 50.1 Å². The molecule has 306 valence electrons. The van der Waals surface area contributed by atoms with Crippen molar-refractivity contribution in [3.05, 3.63) is 252 Å². The van der Waals surface area contributed by atoms with Crippen LogP contribution in [0.5, 0.6) is 11.5 Å². The van der Waals surface area contributed by atoms with Gasteiger partial charge in [-0.3, -0.25) is 0 Å². The van der Waals surface area contributed by atoms with Gasteiger partial charge in [-0.15, -0.1) is 0 Å². The smallest absolute Gasteiger partial charge is 0.132 e. The van der Waals surface area contributed by atoms with Crippen LogP contribution >= 0.6 is 0 Å². The molecule has 1 aromatic heterocycles. The Hall–Kier alpha value is -8.14. The maximum atomic E-state index is 6.81. The number of hydrogen-bond donors (Lipinski definition) is 0. The molecular formula is C62H42N2O. The maximum Gasteiger partial charge on any atom is 0.132 e. The average molecular weight is 831 g/mol. The van der Waals surface area contributed by atoms with E-state index < -0.39 is 5.41 Å². The molecule has 1 spiro atoms. The van der Waals surface area contributed by atoms with Crippen molar-refractivity contribution in [2.24, 2.45) is 0 Å². The summed E-state index contributed by atoms with van der Waals surface area (Å²) < 4.78 is 9.20. The van der Waals surface area contributed by atoms with Crippen molar-refractivity contribution >= 4 is 49.6 Å². The van der Waals surface area contributed by atoms with Gasteiger partial charge in [0.2, 0.25) is 0 Å². The fourth-order valence-electron chi connectivity index (χ4n) is 12.0. The van der Waals surface area contributed by atoms with Gasteiger partial charge in [0.15, 0.2) is 0 Å². The highest BCUT2D eigenvalue weighted by molar-refractivity contribution is 6.11. The van der Waals surface area contributed by atoms with E-state index in [1.54, 1.807) is 0 Å². The van der Waals surface area contributed by atoms with Gasteiger partial charge < -0.3 is 14.2 Å². The van der Waals surface area contributed by atoms with E-state index >= 15 is 0 Å². The zero-order valence-corrected chi connectivity index (χ0v) is 36.1. The number of para-hydroxylation sites is 4. The van der Waals surface area contributed by atoms with Crippen molar-refractivity contribution in [1.82, 2.24) is 4.57 Å². The van der Waals surface area contributed by atoms with Crippen molar-refractivity contribution < 1.29 is 4.74 Å². The monoisotopic (exact) mass is 830 g/mol. The van der Waals surface area contributed by atoms with E-state index in [1.807, 2.05) is 0 Å². The van der Waals surface area contributed by atoms with Crippen molar-refractivity contribution in [1.29, 1.82) is 0 Å². The molecule has 10 aromatic carbocycles. The summed E-state index contributed by atoms with van der Waals surface area (Å²) in [7, 11) is 0. The van der Waals surface area contributed by atoms with Crippen LogP contribution < -0.4 is 9.64 Å². The molecule has 3 nitrogen and oxygen atoms in total. The molecule has 1 aliphatic heterocycles. The highest BCUT2D eigenvalue weighted by Crippen LogP contribution is 2.62. The zero-order valence-electron chi connectivity index (χ0n) is 36.1. The van der Waals surface area contributed by atoms with Crippen molar-refractivity contribution in [3.63, 3.8) is 0 Å². The van der Waals surface area contributed by atoms with Crippen LogP contribution in [-0.4, -0.2) is 4.57 Å². The van der Waals surface area contributed by atoms with E-state index in [-0.39, 0.29) is 5.41 Å². The summed E-state index contributed by atoms with van der Waals surface area (Å²) in [4.78, 5) is 2.50. The first-order valence-electron chi connectivity index (χ1n) is 22.7. The molecule has 65 heavy (non-hydrogen) atoms. The van der Waals surface area contributed by atoms with Crippen LogP contribution in [0.2, 0.25) is 0 Å². The second-order valence-electron chi connectivity index (χ2n) is 18.4.